The van der Waals surface area contributed by atoms with E-state index in [2.05, 4.69) is 10.2 Å². The molecule has 4 rings (SSSR count). The molecule has 1 aromatic heterocycles. The highest BCUT2D eigenvalue weighted by molar-refractivity contribution is 5.99. The molecule has 1 fully saturated rings. The normalized spacial score (nSPS) is 16.7. The number of fused-ring (bicyclic) bond motifs is 1. The van der Waals surface area contributed by atoms with Crippen LogP contribution in [0.15, 0.2) is 35.3 Å². The molecule has 1 saturated heterocycles. The summed E-state index contributed by atoms with van der Waals surface area (Å²) in [4.78, 5) is 41.9. The molecule has 2 N–H and O–H groups in total. The van der Waals surface area contributed by atoms with Gasteiger partial charge in [0.1, 0.15) is 11.4 Å². The number of aromatic hydroxyl groups is 1. The van der Waals surface area contributed by atoms with Crippen LogP contribution in [0.2, 0.25) is 0 Å². The fraction of sp³-hybridized carbons (Fsp3) is 0.409. The predicted octanol–water partition coefficient (Wildman–Crippen LogP) is 0.411. The number of pyridine rings is 1. The number of hydrogen-bond donors (Lipinski definition) is 2. The van der Waals surface area contributed by atoms with E-state index in [4.69, 9.17) is 4.74 Å². The molecule has 0 aliphatic carbocycles. The lowest BCUT2D eigenvalue weighted by molar-refractivity contribution is 0.0313. The summed E-state index contributed by atoms with van der Waals surface area (Å²) in [6.45, 7) is 4.97. The largest absolute Gasteiger partial charge is 0.503 e. The van der Waals surface area contributed by atoms with Crippen molar-refractivity contribution in [1.29, 1.82) is 0 Å². The third-order valence-electron chi connectivity index (χ3n) is 5.76. The molecular formula is C22H25FN4O5. The Bertz CT molecular complexity index is 1060. The first-order valence-electron chi connectivity index (χ1n) is 10.5. The summed E-state index contributed by atoms with van der Waals surface area (Å²) < 4.78 is 19.8. The van der Waals surface area contributed by atoms with Gasteiger partial charge in [-0.2, -0.15) is 0 Å². The van der Waals surface area contributed by atoms with E-state index in [-0.39, 0.29) is 23.6 Å². The molecule has 2 aliphatic heterocycles. The average Bonchev–Trinajstić information content (AvgIpc) is 2.81. The highest BCUT2D eigenvalue weighted by atomic mass is 19.1. The van der Waals surface area contributed by atoms with Crippen LogP contribution in [-0.2, 0) is 17.8 Å². The minimum absolute atomic E-state index is 0.0926. The van der Waals surface area contributed by atoms with E-state index in [0.29, 0.717) is 45.0 Å². The van der Waals surface area contributed by atoms with Gasteiger partial charge in [-0.3, -0.25) is 19.3 Å². The Labute approximate surface area is 184 Å². The number of nitrogens with zero attached hydrogens (tertiary/aromatic N) is 3. The molecule has 32 heavy (non-hydrogen) atoms. The lowest BCUT2D eigenvalue weighted by atomic mass is 10.1. The lowest BCUT2D eigenvalue weighted by Crippen LogP contribution is -2.47. The second-order valence-corrected chi connectivity index (χ2v) is 7.82. The lowest BCUT2D eigenvalue weighted by Gasteiger charge is -2.33. The Morgan fingerprint density at radius 2 is 1.78 bits per heavy atom. The van der Waals surface area contributed by atoms with Gasteiger partial charge in [-0.15, -0.1) is 0 Å². The van der Waals surface area contributed by atoms with E-state index >= 15 is 0 Å². The van der Waals surface area contributed by atoms with Crippen molar-refractivity contribution in [2.45, 2.75) is 13.1 Å². The molecule has 9 nitrogen and oxygen atoms in total. The van der Waals surface area contributed by atoms with Gasteiger partial charge >= 0.3 is 0 Å². The minimum Gasteiger partial charge on any atom is -0.503 e. The number of nitrogens with one attached hydrogen (secondary N) is 1. The van der Waals surface area contributed by atoms with Crippen LogP contribution in [0.25, 0.3) is 0 Å². The van der Waals surface area contributed by atoms with Crippen LogP contribution < -0.4 is 10.7 Å². The number of hydrogen-bond acceptors (Lipinski definition) is 6. The molecule has 0 spiro atoms. The number of aromatic nitrogens is 1. The van der Waals surface area contributed by atoms with Crippen molar-refractivity contribution in [1.82, 2.24) is 19.7 Å². The number of benzene rings is 1. The first kappa shape index (κ1) is 22.0. The molecule has 2 aromatic rings. The molecule has 0 bridgehead atoms. The second-order valence-electron chi connectivity index (χ2n) is 7.82. The predicted molar refractivity (Wildman–Crippen MR) is 113 cm³/mol. The molecule has 0 radical (unpaired) electrons. The number of carbonyl (C=O) groups is 2. The summed E-state index contributed by atoms with van der Waals surface area (Å²) in [6, 6.07) is 5.60. The number of ether oxygens (including phenoxy) is 1. The van der Waals surface area contributed by atoms with Crippen LogP contribution in [-0.4, -0.2) is 77.2 Å². The van der Waals surface area contributed by atoms with E-state index in [1.165, 1.54) is 35.0 Å². The highest BCUT2D eigenvalue weighted by Gasteiger charge is 2.31. The summed E-state index contributed by atoms with van der Waals surface area (Å²) in [5.41, 5.74) is -0.578. The van der Waals surface area contributed by atoms with Gasteiger partial charge in [-0.05, 0) is 17.7 Å². The zero-order valence-corrected chi connectivity index (χ0v) is 17.6. The molecule has 2 amide bonds. The fourth-order valence-electron chi connectivity index (χ4n) is 3.87. The second kappa shape index (κ2) is 9.49. The molecular weight excluding hydrogens is 419 g/mol. The van der Waals surface area contributed by atoms with Crippen molar-refractivity contribution < 1.29 is 23.8 Å². The zero-order chi connectivity index (χ0) is 22.7. The molecule has 3 heterocycles. The molecule has 0 unspecified atom stereocenters. The van der Waals surface area contributed by atoms with Crippen LogP contribution in [0.1, 0.15) is 26.4 Å². The van der Waals surface area contributed by atoms with Gasteiger partial charge in [0.25, 0.3) is 11.8 Å². The summed E-state index contributed by atoms with van der Waals surface area (Å²) >= 11 is 0. The quantitative estimate of drug-likeness (QED) is 0.669. The molecule has 1 aromatic carbocycles. The van der Waals surface area contributed by atoms with Crippen molar-refractivity contribution in [2.24, 2.45) is 0 Å². The Morgan fingerprint density at radius 3 is 2.50 bits per heavy atom. The van der Waals surface area contributed by atoms with Gasteiger partial charge in [0.2, 0.25) is 5.43 Å². The smallest absolute Gasteiger partial charge is 0.274 e. The molecule has 2 aliphatic rings. The number of carbonyl (C=O) groups excluding carboxylic acids is 2. The number of rotatable bonds is 6. The highest BCUT2D eigenvalue weighted by Crippen LogP contribution is 2.20. The summed E-state index contributed by atoms with van der Waals surface area (Å²) in [6.07, 6.45) is 1.31. The molecule has 0 saturated carbocycles. The van der Waals surface area contributed by atoms with E-state index < -0.39 is 23.0 Å². The Hall–Kier alpha value is -3.24. The van der Waals surface area contributed by atoms with Gasteiger partial charge < -0.3 is 24.6 Å². The summed E-state index contributed by atoms with van der Waals surface area (Å²) in [5, 5.41) is 13.1. The van der Waals surface area contributed by atoms with E-state index in [1.54, 1.807) is 4.90 Å². The summed E-state index contributed by atoms with van der Waals surface area (Å²) in [5.74, 6) is -2.22. The van der Waals surface area contributed by atoms with E-state index in [9.17, 15) is 23.9 Å². The van der Waals surface area contributed by atoms with Gasteiger partial charge in [-0.1, -0.05) is 12.1 Å². The average molecular weight is 444 g/mol. The fourth-order valence-corrected chi connectivity index (χ4v) is 3.87. The topological polar surface area (TPSA) is 104 Å². The third kappa shape index (κ3) is 4.66. The molecule has 0 atom stereocenters. The van der Waals surface area contributed by atoms with Gasteiger partial charge in [0.05, 0.1) is 13.2 Å². The Balaban J connectivity index is 1.46. The van der Waals surface area contributed by atoms with E-state index in [1.807, 2.05) is 0 Å². The number of amides is 2. The maximum atomic E-state index is 13.0. The molecule has 170 valence electrons. The third-order valence-corrected chi connectivity index (χ3v) is 5.76. The Morgan fingerprint density at radius 1 is 1.06 bits per heavy atom. The molecule has 10 heteroatoms. The summed E-state index contributed by atoms with van der Waals surface area (Å²) in [7, 11) is 0. The maximum absolute atomic E-state index is 13.0. The van der Waals surface area contributed by atoms with Crippen molar-refractivity contribution >= 4 is 11.8 Å². The van der Waals surface area contributed by atoms with Crippen molar-refractivity contribution in [2.75, 3.05) is 45.9 Å². The first-order chi connectivity index (χ1) is 15.4. The van der Waals surface area contributed by atoms with Crippen molar-refractivity contribution in [3.8, 4) is 5.75 Å². The van der Waals surface area contributed by atoms with Crippen LogP contribution in [0.3, 0.4) is 0 Å². The van der Waals surface area contributed by atoms with Crippen molar-refractivity contribution in [3.63, 3.8) is 0 Å². The van der Waals surface area contributed by atoms with Crippen molar-refractivity contribution in [3.05, 3.63) is 63.3 Å². The van der Waals surface area contributed by atoms with Crippen LogP contribution in [0.5, 0.6) is 5.75 Å². The minimum atomic E-state index is -0.892. The van der Waals surface area contributed by atoms with Crippen LogP contribution in [0, 0.1) is 5.82 Å². The monoisotopic (exact) mass is 444 g/mol. The standard InChI is InChI=1S/C22H25FN4O5/c23-16-3-1-15(2-4-16)13-24-21(30)17-14-27-8-7-26(6-5-25-9-11-32-12-10-25)22(31)18(27)20(29)19(17)28/h1-4,14,29H,5-13H2,(H,24,30). The van der Waals surface area contributed by atoms with Gasteiger partial charge in [0.15, 0.2) is 11.4 Å². The van der Waals surface area contributed by atoms with E-state index in [0.717, 1.165) is 13.1 Å². The Kier molecular flexibility index (Phi) is 6.52. The zero-order valence-electron chi connectivity index (χ0n) is 17.6. The van der Waals surface area contributed by atoms with Gasteiger partial charge in [-0.25, -0.2) is 4.39 Å². The number of halogens is 1. The first-order valence-corrected chi connectivity index (χ1v) is 10.5. The SMILES string of the molecule is O=C(NCc1ccc(F)cc1)c1cn2c(c(O)c1=O)C(=O)N(CCN1CCOCC1)CC2. The number of morpholine rings is 1. The maximum Gasteiger partial charge on any atom is 0.274 e. The van der Waals surface area contributed by atoms with Crippen LogP contribution in [0.4, 0.5) is 4.39 Å². The van der Waals surface area contributed by atoms with Crippen LogP contribution >= 0.6 is 0 Å². The van der Waals surface area contributed by atoms with Gasteiger partial charge in [0, 0.05) is 52.0 Å².